The van der Waals surface area contributed by atoms with Crippen LogP contribution in [-0.4, -0.2) is 74.2 Å². The molecule has 0 spiro atoms. The van der Waals surface area contributed by atoms with Gasteiger partial charge in [-0.2, -0.15) is 4.98 Å². The number of carbonyl (C=O) groups excluding carboxylic acids is 1. The van der Waals surface area contributed by atoms with Gasteiger partial charge in [0.25, 0.3) is 0 Å². The lowest BCUT2D eigenvalue weighted by atomic mass is 9.85. The number of ether oxygens (including phenoxy) is 1. The van der Waals surface area contributed by atoms with E-state index in [4.69, 9.17) is 9.84 Å². The third kappa shape index (κ3) is 6.07. The van der Waals surface area contributed by atoms with E-state index in [-0.39, 0.29) is 36.4 Å². The number of fused-ring (bicyclic) bond motifs is 1. The van der Waals surface area contributed by atoms with E-state index in [0.717, 1.165) is 0 Å². The van der Waals surface area contributed by atoms with Gasteiger partial charge in [0.2, 0.25) is 17.8 Å². The molecule has 1 amide bonds. The molecule has 1 saturated carbocycles. The molecule has 1 aliphatic heterocycles. The minimum absolute atomic E-state index is 0.0123. The summed E-state index contributed by atoms with van der Waals surface area (Å²) in [6, 6.07) is 1.02. The summed E-state index contributed by atoms with van der Waals surface area (Å²) in [4.78, 5) is 25.8. The van der Waals surface area contributed by atoms with Crippen molar-refractivity contribution >= 4 is 34.7 Å². The number of imidazole rings is 1. The summed E-state index contributed by atoms with van der Waals surface area (Å²) in [5.41, 5.74) is 0.331. The maximum Gasteiger partial charge on any atom is 0.224 e. The molecule has 3 heterocycles. The Hall–Kier alpha value is -3.49. The Morgan fingerprint density at radius 3 is 2.54 bits per heavy atom. The van der Waals surface area contributed by atoms with Gasteiger partial charge in [0.15, 0.2) is 17.3 Å². The average Bonchev–Trinajstić information content (AvgIpc) is 3.57. The Morgan fingerprint density at radius 1 is 1.13 bits per heavy atom. The van der Waals surface area contributed by atoms with Crippen LogP contribution in [0.4, 0.5) is 30.8 Å². The number of halogens is 3. The van der Waals surface area contributed by atoms with Crippen molar-refractivity contribution < 1.29 is 32.9 Å². The quantitative estimate of drug-likeness (QED) is 0.272. The Balaban J connectivity index is 1.32. The fourth-order valence-corrected chi connectivity index (χ4v) is 5.00. The van der Waals surface area contributed by atoms with Crippen molar-refractivity contribution in [3.8, 4) is 0 Å². The highest BCUT2D eigenvalue weighted by atomic mass is 19.1. The van der Waals surface area contributed by atoms with Gasteiger partial charge in [-0.15, -0.1) is 0 Å². The number of nitrogens with one attached hydrogen (secondary N) is 3. The highest BCUT2D eigenvalue weighted by Crippen LogP contribution is 2.32. The summed E-state index contributed by atoms with van der Waals surface area (Å²) in [6.07, 6.45) is 3.87. The minimum Gasteiger partial charge on any atom is -0.394 e. The van der Waals surface area contributed by atoms with E-state index in [9.17, 15) is 23.1 Å². The van der Waals surface area contributed by atoms with Crippen molar-refractivity contribution in [3.63, 3.8) is 0 Å². The molecule has 2 aliphatic rings. The van der Waals surface area contributed by atoms with Gasteiger partial charge >= 0.3 is 0 Å². The van der Waals surface area contributed by atoms with Crippen LogP contribution in [0.1, 0.15) is 38.1 Å². The van der Waals surface area contributed by atoms with Crippen LogP contribution in [0.25, 0.3) is 11.2 Å². The van der Waals surface area contributed by atoms with Crippen LogP contribution in [0.5, 0.6) is 0 Å². The van der Waals surface area contributed by atoms with Crippen molar-refractivity contribution in [2.75, 3.05) is 37.0 Å². The summed E-state index contributed by atoms with van der Waals surface area (Å²) < 4.78 is 49.4. The summed E-state index contributed by atoms with van der Waals surface area (Å²) in [7, 11) is 0. The molecule has 2 atom stereocenters. The average molecular weight is 550 g/mol. The molecule has 11 nitrogen and oxygen atoms in total. The number of aliphatic hydroxyl groups excluding tert-OH is 2. The van der Waals surface area contributed by atoms with E-state index in [0.29, 0.717) is 74.6 Å². The molecule has 0 radical (unpaired) electrons. The lowest BCUT2D eigenvalue weighted by Gasteiger charge is -2.28. The maximum atomic E-state index is 14.4. The number of aliphatic hydroxyl groups is 2. The van der Waals surface area contributed by atoms with E-state index in [1.807, 2.05) is 0 Å². The Kier molecular flexibility index (Phi) is 8.14. The molecule has 3 aromatic rings. The molecule has 1 aliphatic carbocycles. The molecule has 39 heavy (non-hydrogen) atoms. The van der Waals surface area contributed by atoms with E-state index >= 15 is 0 Å². The molecule has 1 saturated heterocycles. The van der Waals surface area contributed by atoms with E-state index < -0.39 is 35.8 Å². The second kappa shape index (κ2) is 11.7. The number of hydrogen-bond acceptors (Lipinski definition) is 9. The van der Waals surface area contributed by atoms with Gasteiger partial charge in [-0.1, -0.05) is 0 Å². The van der Waals surface area contributed by atoms with Crippen molar-refractivity contribution in [1.29, 1.82) is 0 Å². The Morgan fingerprint density at radius 2 is 1.87 bits per heavy atom. The van der Waals surface area contributed by atoms with Crippen molar-refractivity contribution in [2.45, 2.75) is 50.3 Å². The smallest absolute Gasteiger partial charge is 0.224 e. The number of amides is 1. The summed E-state index contributed by atoms with van der Waals surface area (Å²) >= 11 is 0. The third-order valence-corrected chi connectivity index (χ3v) is 7.10. The first-order valence-electron chi connectivity index (χ1n) is 12.9. The zero-order valence-corrected chi connectivity index (χ0v) is 21.0. The number of benzene rings is 1. The standard InChI is InChI=1S/C25H30F3N7O4/c26-14-7-18(27)21(19(28)8-14)33-25-32-20-10-30-24(34-22(20)35(25)16-5-6-39-12-16)31-15-3-1-13(2-4-15)23(38)29-9-17(37)11-36/h7-8,10,13,15-17,36-37H,1-6,9,11-12H2,(H,29,38)(H,32,33)(H,30,31,34)/t13-,15-,16-,17+/m0/s1. The molecule has 0 unspecified atom stereocenters. The Bertz CT molecular complexity index is 1300. The van der Waals surface area contributed by atoms with Crippen LogP contribution < -0.4 is 16.0 Å². The molecule has 2 fully saturated rings. The van der Waals surface area contributed by atoms with Crippen LogP contribution in [0, 0.1) is 23.4 Å². The first-order valence-corrected chi connectivity index (χ1v) is 12.9. The lowest BCUT2D eigenvalue weighted by Crippen LogP contribution is -2.40. The van der Waals surface area contributed by atoms with Gasteiger partial charge in [0, 0.05) is 37.2 Å². The predicted octanol–water partition coefficient (Wildman–Crippen LogP) is 2.39. The topological polar surface area (TPSA) is 146 Å². The van der Waals surface area contributed by atoms with E-state index in [1.54, 1.807) is 4.57 Å². The van der Waals surface area contributed by atoms with E-state index in [1.165, 1.54) is 6.20 Å². The van der Waals surface area contributed by atoms with Crippen LogP contribution >= 0.6 is 0 Å². The fourth-order valence-electron chi connectivity index (χ4n) is 5.00. The van der Waals surface area contributed by atoms with Crippen molar-refractivity contribution in [2.24, 2.45) is 5.92 Å². The van der Waals surface area contributed by atoms with Crippen LogP contribution in [-0.2, 0) is 9.53 Å². The second-order valence-corrected chi connectivity index (χ2v) is 9.87. The van der Waals surface area contributed by atoms with Crippen LogP contribution in [0.15, 0.2) is 18.3 Å². The lowest BCUT2D eigenvalue weighted by molar-refractivity contribution is -0.126. The van der Waals surface area contributed by atoms with Gasteiger partial charge in [0.1, 0.15) is 17.0 Å². The Labute approximate surface area is 221 Å². The number of carbonyl (C=O) groups is 1. The molecule has 210 valence electrons. The van der Waals surface area contributed by atoms with Crippen LogP contribution in [0.3, 0.4) is 0 Å². The largest absolute Gasteiger partial charge is 0.394 e. The highest BCUT2D eigenvalue weighted by molar-refractivity contribution is 5.79. The fraction of sp³-hybridized carbons (Fsp3) is 0.520. The van der Waals surface area contributed by atoms with Gasteiger partial charge in [-0.05, 0) is 32.1 Å². The summed E-state index contributed by atoms with van der Waals surface area (Å²) in [6.45, 7) is 0.474. The first kappa shape index (κ1) is 27.1. The number of hydrogen-bond donors (Lipinski definition) is 5. The van der Waals surface area contributed by atoms with Gasteiger partial charge in [-0.3, -0.25) is 9.36 Å². The number of anilines is 3. The molecule has 2 aromatic heterocycles. The molecule has 1 aromatic carbocycles. The number of aromatic nitrogens is 4. The molecule has 5 N–H and O–H groups in total. The highest BCUT2D eigenvalue weighted by Gasteiger charge is 2.29. The summed E-state index contributed by atoms with van der Waals surface area (Å²) in [5.74, 6) is -3.03. The molecule has 14 heteroatoms. The molecular formula is C25H30F3N7O4. The molecule has 0 bridgehead atoms. The molecule has 5 rings (SSSR count). The number of nitrogens with zero attached hydrogens (tertiary/aromatic N) is 4. The maximum absolute atomic E-state index is 14.4. The third-order valence-electron chi connectivity index (χ3n) is 7.10. The number of rotatable bonds is 9. The minimum atomic E-state index is -1.09. The van der Waals surface area contributed by atoms with Gasteiger partial charge in [-0.25, -0.2) is 23.1 Å². The first-order chi connectivity index (χ1) is 18.8. The van der Waals surface area contributed by atoms with Crippen LogP contribution in [0.2, 0.25) is 0 Å². The van der Waals surface area contributed by atoms with Gasteiger partial charge < -0.3 is 30.9 Å². The van der Waals surface area contributed by atoms with Crippen molar-refractivity contribution in [1.82, 2.24) is 24.8 Å². The van der Waals surface area contributed by atoms with Gasteiger partial charge in [0.05, 0.1) is 31.6 Å². The monoisotopic (exact) mass is 549 g/mol. The SMILES string of the molecule is O=C(NC[C@@H](O)CO)[C@H]1CC[C@H](Nc2ncc3nc(Nc4c(F)cc(F)cc4F)n([C@H]4CCOC4)c3n2)CC1. The zero-order chi connectivity index (χ0) is 27.5. The second-order valence-electron chi connectivity index (χ2n) is 9.87. The molecular weight excluding hydrogens is 519 g/mol. The van der Waals surface area contributed by atoms with E-state index in [2.05, 4.69) is 30.9 Å². The predicted molar refractivity (Wildman–Crippen MR) is 135 cm³/mol. The normalized spacial score (nSPS) is 22.1. The van der Waals surface area contributed by atoms with Crippen molar-refractivity contribution in [3.05, 3.63) is 35.8 Å². The zero-order valence-electron chi connectivity index (χ0n) is 21.0. The summed E-state index contributed by atoms with van der Waals surface area (Å²) in [5, 5.41) is 27.0.